The van der Waals surface area contributed by atoms with E-state index in [0.29, 0.717) is 0 Å². The minimum atomic E-state index is 0.251. The lowest BCUT2D eigenvalue weighted by atomic mass is 9.80. The predicted octanol–water partition coefficient (Wildman–Crippen LogP) is 2.22. The van der Waals surface area contributed by atoms with Gasteiger partial charge in [-0.1, -0.05) is 37.3 Å². The Bertz CT molecular complexity index is 315. The summed E-state index contributed by atoms with van der Waals surface area (Å²) in [6, 6.07) is 11.0. The Morgan fingerprint density at radius 3 is 2.38 bits per heavy atom. The number of benzene rings is 1. The van der Waals surface area contributed by atoms with E-state index in [1.165, 1.54) is 18.4 Å². The van der Waals surface area contributed by atoms with E-state index in [2.05, 4.69) is 54.5 Å². The summed E-state index contributed by atoms with van der Waals surface area (Å²) >= 11 is 0. The summed E-state index contributed by atoms with van der Waals surface area (Å²) in [6.07, 6.45) is 2.42. The third kappa shape index (κ3) is 2.00. The molecule has 2 rings (SSSR count). The van der Waals surface area contributed by atoms with E-state index in [4.69, 9.17) is 0 Å². The molecule has 16 heavy (non-hydrogen) atoms. The van der Waals surface area contributed by atoms with Gasteiger partial charge < -0.3 is 5.32 Å². The monoisotopic (exact) mass is 218 g/mol. The van der Waals surface area contributed by atoms with Gasteiger partial charge in [-0.25, -0.2) is 0 Å². The molecule has 2 nitrogen and oxygen atoms in total. The molecule has 2 heteroatoms. The van der Waals surface area contributed by atoms with Crippen LogP contribution in [0.3, 0.4) is 0 Å². The van der Waals surface area contributed by atoms with Gasteiger partial charge in [-0.2, -0.15) is 0 Å². The van der Waals surface area contributed by atoms with Crippen LogP contribution in [0.5, 0.6) is 0 Å². The molecule has 1 aliphatic heterocycles. The third-order valence-corrected chi connectivity index (χ3v) is 3.95. The molecule has 1 N–H and O–H groups in total. The van der Waals surface area contributed by atoms with Crippen molar-refractivity contribution in [3.63, 3.8) is 0 Å². The highest BCUT2D eigenvalue weighted by Crippen LogP contribution is 2.35. The number of hydrogen-bond acceptors (Lipinski definition) is 2. The van der Waals surface area contributed by atoms with E-state index in [-0.39, 0.29) is 5.54 Å². The van der Waals surface area contributed by atoms with Crippen LogP contribution in [0.2, 0.25) is 0 Å². The standard InChI is InChI=1S/C14H22N2/c1-3-16(2)14(9-11-15-12-10-14)13-7-5-4-6-8-13/h4-8,15H,3,9-12H2,1-2H3. The van der Waals surface area contributed by atoms with E-state index in [9.17, 15) is 0 Å². The largest absolute Gasteiger partial charge is 0.317 e. The van der Waals surface area contributed by atoms with E-state index in [0.717, 1.165) is 19.6 Å². The molecular formula is C14H22N2. The highest BCUT2D eigenvalue weighted by atomic mass is 15.2. The van der Waals surface area contributed by atoms with Crippen molar-refractivity contribution in [2.45, 2.75) is 25.3 Å². The highest BCUT2D eigenvalue weighted by molar-refractivity contribution is 5.25. The van der Waals surface area contributed by atoms with Crippen LogP contribution in [0.15, 0.2) is 30.3 Å². The maximum atomic E-state index is 3.46. The molecule has 1 aliphatic rings. The van der Waals surface area contributed by atoms with Gasteiger partial charge in [0.15, 0.2) is 0 Å². The first kappa shape index (κ1) is 11.6. The van der Waals surface area contributed by atoms with Gasteiger partial charge >= 0.3 is 0 Å². The Kier molecular flexibility index (Phi) is 3.62. The topological polar surface area (TPSA) is 15.3 Å². The van der Waals surface area contributed by atoms with Crippen molar-refractivity contribution in [2.24, 2.45) is 0 Å². The second-order valence-electron chi connectivity index (χ2n) is 4.66. The van der Waals surface area contributed by atoms with Crippen molar-refractivity contribution in [1.29, 1.82) is 0 Å². The fraction of sp³-hybridized carbons (Fsp3) is 0.571. The average Bonchev–Trinajstić information content (AvgIpc) is 2.39. The van der Waals surface area contributed by atoms with Gasteiger partial charge in [-0.3, -0.25) is 4.90 Å². The van der Waals surface area contributed by atoms with E-state index < -0.39 is 0 Å². The van der Waals surface area contributed by atoms with Gasteiger partial charge in [0.05, 0.1) is 0 Å². The van der Waals surface area contributed by atoms with Crippen LogP contribution >= 0.6 is 0 Å². The fourth-order valence-corrected chi connectivity index (χ4v) is 2.78. The zero-order chi connectivity index (χ0) is 11.4. The Morgan fingerprint density at radius 1 is 1.19 bits per heavy atom. The summed E-state index contributed by atoms with van der Waals surface area (Å²) in [6.45, 7) is 5.60. The number of piperidine rings is 1. The van der Waals surface area contributed by atoms with Crippen LogP contribution < -0.4 is 5.32 Å². The lowest BCUT2D eigenvalue weighted by molar-refractivity contribution is 0.0853. The first-order valence-electron chi connectivity index (χ1n) is 6.27. The summed E-state index contributed by atoms with van der Waals surface area (Å²) in [5, 5.41) is 3.46. The van der Waals surface area contributed by atoms with Gasteiger partial charge in [0.2, 0.25) is 0 Å². The Labute approximate surface area is 98.7 Å². The maximum Gasteiger partial charge on any atom is 0.0481 e. The second-order valence-corrected chi connectivity index (χ2v) is 4.66. The summed E-state index contributed by atoms with van der Waals surface area (Å²) in [4.78, 5) is 2.50. The molecule has 0 aromatic heterocycles. The lowest BCUT2D eigenvalue weighted by Crippen LogP contribution is -2.50. The van der Waals surface area contributed by atoms with Crippen LogP contribution in [0.25, 0.3) is 0 Å². The zero-order valence-electron chi connectivity index (χ0n) is 10.4. The number of hydrogen-bond donors (Lipinski definition) is 1. The van der Waals surface area contributed by atoms with Crippen LogP contribution in [0, 0.1) is 0 Å². The summed E-state index contributed by atoms with van der Waals surface area (Å²) < 4.78 is 0. The van der Waals surface area contributed by atoms with E-state index in [1.54, 1.807) is 0 Å². The second kappa shape index (κ2) is 4.98. The molecule has 1 aromatic rings. The molecule has 0 atom stereocenters. The van der Waals surface area contributed by atoms with Crippen LogP contribution in [-0.4, -0.2) is 31.6 Å². The van der Waals surface area contributed by atoms with Crippen LogP contribution in [0.4, 0.5) is 0 Å². The quantitative estimate of drug-likeness (QED) is 0.837. The molecule has 0 radical (unpaired) electrons. The SMILES string of the molecule is CCN(C)C1(c2ccccc2)CCNCC1. The third-order valence-electron chi connectivity index (χ3n) is 3.95. The Hall–Kier alpha value is -0.860. The maximum absolute atomic E-state index is 3.46. The molecule has 0 saturated carbocycles. The van der Waals surface area contributed by atoms with Crippen molar-refractivity contribution in [2.75, 3.05) is 26.7 Å². The van der Waals surface area contributed by atoms with Crippen LogP contribution in [0.1, 0.15) is 25.3 Å². The molecule has 1 aromatic carbocycles. The molecule has 1 fully saturated rings. The Balaban J connectivity index is 2.34. The van der Waals surface area contributed by atoms with Gasteiger partial charge in [-0.15, -0.1) is 0 Å². The minimum Gasteiger partial charge on any atom is -0.317 e. The summed E-state index contributed by atoms with van der Waals surface area (Å²) in [7, 11) is 2.25. The van der Waals surface area contributed by atoms with Crippen molar-refractivity contribution in [3.8, 4) is 0 Å². The Morgan fingerprint density at radius 2 is 1.81 bits per heavy atom. The van der Waals surface area contributed by atoms with Gasteiger partial charge in [-0.05, 0) is 45.1 Å². The van der Waals surface area contributed by atoms with Gasteiger partial charge in [0.1, 0.15) is 0 Å². The molecule has 0 unspecified atom stereocenters. The highest BCUT2D eigenvalue weighted by Gasteiger charge is 2.36. The zero-order valence-corrected chi connectivity index (χ0v) is 10.4. The first-order valence-corrected chi connectivity index (χ1v) is 6.27. The molecular weight excluding hydrogens is 196 g/mol. The molecule has 0 aliphatic carbocycles. The summed E-state index contributed by atoms with van der Waals surface area (Å²) in [5.74, 6) is 0. The molecule has 1 saturated heterocycles. The van der Waals surface area contributed by atoms with Crippen molar-refractivity contribution < 1.29 is 0 Å². The molecule has 0 bridgehead atoms. The predicted molar refractivity (Wildman–Crippen MR) is 68.5 cm³/mol. The molecule has 0 amide bonds. The van der Waals surface area contributed by atoms with Crippen molar-refractivity contribution >= 4 is 0 Å². The van der Waals surface area contributed by atoms with E-state index in [1.807, 2.05) is 0 Å². The molecule has 88 valence electrons. The fourth-order valence-electron chi connectivity index (χ4n) is 2.78. The van der Waals surface area contributed by atoms with Crippen molar-refractivity contribution in [3.05, 3.63) is 35.9 Å². The molecule has 0 spiro atoms. The van der Waals surface area contributed by atoms with Gasteiger partial charge in [0.25, 0.3) is 0 Å². The van der Waals surface area contributed by atoms with Crippen molar-refractivity contribution in [1.82, 2.24) is 10.2 Å². The number of rotatable bonds is 3. The number of nitrogens with zero attached hydrogens (tertiary/aromatic N) is 1. The lowest BCUT2D eigenvalue weighted by Gasteiger charge is -2.45. The van der Waals surface area contributed by atoms with Gasteiger partial charge in [0, 0.05) is 5.54 Å². The molecule has 1 heterocycles. The first-order chi connectivity index (χ1) is 7.79. The van der Waals surface area contributed by atoms with Crippen LogP contribution in [-0.2, 0) is 5.54 Å². The summed E-state index contributed by atoms with van der Waals surface area (Å²) in [5.41, 5.74) is 1.72. The minimum absolute atomic E-state index is 0.251. The average molecular weight is 218 g/mol. The smallest absolute Gasteiger partial charge is 0.0481 e. The van der Waals surface area contributed by atoms with E-state index >= 15 is 0 Å². The normalized spacial score (nSPS) is 19.9. The number of nitrogens with one attached hydrogen (secondary N) is 1.